The van der Waals surface area contributed by atoms with Crippen molar-refractivity contribution in [3.63, 3.8) is 0 Å². The Morgan fingerprint density at radius 2 is 1.83 bits per heavy atom. The fourth-order valence-corrected chi connectivity index (χ4v) is 1.62. The summed E-state index contributed by atoms with van der Waals surface area (Å²) in [6, 6.07) is 8.80. The van der Waals surface area contributed by atoms with Gasteiger partial charge in [0.1, 0.15) is 0 Å². The predicted molar refractivity (Wildman–Crippen MR) is 66.8 cm³/mol. The molecule has 96 valence electrons. The summed E-state index contributed by atoms with van der Waals surface area (Å²) >= 11 is 0. The molecule has 0 atom stereocenters. The van der Waals surface area contributed by atoms with Gasteiger partial charge in [-0.15, -0.1) is 0 Å². The van der Waals surface area contributed by atoms with Crippen LogP contribution in [0.3, 0.4) is 0 Å². The van der Waals surface area contributed by atoms with E-state index in [1.54, 1.807) is 24.3 Å². The third-order valence-electron chi connectivity index (χ3n) is 3.15. The summed E-state index contributed by atoms with van der Waals surface area (Å²) in [5, 5.41) is 14.1. The van der Waals surface area contributed by atoms with Gasteiger partial charge in [0.2, 0.25) is 0 Å². The molecule has 2 rings (SSSR count). The van der Waals surface area contributed by atoms with E-state index < -0.39 is 11.8 Å². The molecule has 0 bridgehead atoms. The number of para-hydroxylation sites is 1. The first kappa shape index (κ1) is 12.6. The van der Waals surface area contributed by atoms with Crippen molar-refractivity contribution >= 4 is 17.5 Å². The molecule has 1 fully saturated rings. The fourth-order valence-electron chi connectivity index (χ4n) is 1.62. The van der Waals surface area contributed by atoms with Crippen LogP contribution >= 0.6 is 0 Å². The van der Waals surface area contributed by atoms with E-state index in [9.17, 15) is 9.59 Å². The van der Waals surface area contributed by atoms with Crippen molar-refractivity contribution < 1.29 is 14.7 Å². The van der Waals surface area contributed by atoms with Crippen LogP contribution in [0.5, 0.6) is 0 Å². The summed E-state index contributed by atoms with van der Waals surface area (Å²) in [4.78, 5) is 23.1. The fraction of sp³-hybridized carbons (Fsp3) is 0.385. The average Bonchev–Trinajstić information content (AvgIpc) is 3.18. The number of carbonyl (C=O) groups is 2. The molecule has 1 aromatic carbocycles. The monoisotopic (exact) mass is 248 g/mol. The number of aliphatic hydroxyl groups excluding tert-OH is 1. The summed E-state index contributed by atoms with van der Waals surface area (Å²) in [6.07, 6.45) is 1.79. The van der Waals surface area contributed by atoms with Gasteiger partial charge in [-0.05, 0) is 25.0 Å². The minimum atomic E-state index is -0.685. The van der Waals surface area contributed by atoms with E-state index in [0.717, 1.165) is 12.8 Å². The van der Waals surface area contributed by atoms with Gasteiger partial charge in [0, 0.05) is 17.6 Å². The summed E-state index contributed by atoms with van der Waals surface area (Å²) in [5.41, 5.74) is 0.392. The highest BCUT2D eigenvalue weighted by Gasteiger charge is 2.42. The minimum absolute atomic E-state index is 0.0492. The molecule has 0 aromatic heterocycles. The second kappa shape index (κ2) is 5.18. The zero-order chi connectivity index (χ0) is 13.0. The number of hydrogen-bond acceptors (Lipinski definition) is 3. The topological polar surface area (TPSA) is 78.4 Å². The van der Waals surface area contributed by atoms with E-state index >= 15 is 0 Å². The SMILES string of the molecule is O=C(NCC1(CO)CC1)C(=O)Nc1ccccc1. The number of benzene rings is 1. The number of hydrogen-bond donors (Lipinski definition) is 3. The highest BCUT2D eigenvalue weighted by Crippen LogP contribution is 2.44. The van der Waals surface area contributed by atoms with E-state index in [2.05, 4.69) is 10.6 Å². The molecule has 0 unspecified atom stereocenters. The Morgan fingerprint density at radius 1 is 1.17 bits per heavy atom. The standard InChI is InChI=1S/C13H16N2O3/c16-9-13(6-7-13)8-14-11(17)12(18)15-10-4-2-1-3-5-10/h1-5,16H,6-9H2,(H,14,17)(H,15,18). The first-order chi connectivity index (χ1) is 8.65. The number of rotatable bonds is 4. The van der Waals surface area contributed by atoms with E-state index in [1.165, 1.54) is 0 Å². The van der Waals surface area contributed by atoms with Crippen molar-refractivity contribution in [3.05, 3.63) is 30.3 Å². The van der Waals surface area contributed by atoms with E-state index in [-0.39, 0.29) is 12.0 Å². The normalized spacial score (nSPS) is 15.8. The molecule has 1 aliphatic rings. The van der Waals surface area contributed by atoms with Gasteiger partial charge < -0.3 is 15.7 Å². The molecule has 18 heavy (non-hydrogen) atoms. The third-order valence-corrected chi connectivity index (χ3v) is 3.15. The second-order valence-electron chi connectivity index (χ2n) is 4.66. The van der Waals surface area contributed by atoms with Gasteiger partial charge in [-0.2, -0.15) is 0 Å². The van der Waals surface area contributed by atoms with E-state index in [0.29, 0.717) is 12.2 Å². The van der Waals surface area contributed by atoms with Crippen LogP contribution in [0.2, 0.25) is 0 Å². The molecule has 0 spiro atoms. The van der Waals surface area contributed by atoms with Crippen LogP contribution in [0.25, 0.3) is 0 Å². The molecular weight excluding hydrogens is 232 g/mol. The highest BCUT2D eigenvalue weighted by molar-refractivity contribution is 6.39. The zero-order valence-corrected chi connectivity index (χ0v) is 9.98. The van der Waals surface area contributed by atoms with Gasteiger partial charge in [-0.3, -0.25) is 9.59 Å². The Balaban J connectivity index is 1.80. The van der Waals surface area contributed by atoms with Crippen molar-refractivity contribution in [1.29, 1.82) is 0 Å². The molecular formula is C13H16N2O3. The van der Waals surface area contributed by atoms with Crippen molar-refractivity contribution in [2.24, 2.45) is 5.41 Å². The van der Waals surface area contributed by atoms with Gasteiger partial charge in [-0.25, -0.2) is 0 Å². The van der Waals surface area contributed by atoms with Crippen LogP contribution < -0.4 is 10.6 Å². The number of aliphatic hydroxyl groups is 1. The van der Waals surface area contributed by atoms with Crippen LogP contribution in [-0.4, -0.2) is 30.1 Å². The van der Waals surface area contributed by atoms with E-state index in [1.807, 2.05) is 6.07 Å². The van der Waals surface area contributed by atoms with Crippen molar-refractivity contribution in [3.8, 4) is 0 Å². The third kappa shape index (κ3) is 3.07. The maximum atomic E-state index is 11.6. The Hall–Kier alpha value is -1.88. The average molecular weight is 248 g/mol. The molecule has 1 saturated carbocycles. The molecule has 1 aromatic rings. The second-order valence-corrected chi connectivity index (χ2v) is 4.66. The van der Waals surface area contributed by atoms with Crippen molar-refractivity contribution in [2.45, 2.75) is 12.8 Å². The molecule has 2 amide bonds. The lowest BCUT2D eigenvalue weighted by Crippen LogP contribution is -2.39. The first-order valence-electron chi connectivity index (χ1n) is 5.90. The Labute approximate surface area is 105 Å². The maximum Gasteiger partial charge on any atom is 0.313 e. The zero-order valence-electron chi connectivity index (χ0n) is 9.98. The Bertz CT molecular complexity index is 441. The Morgan fingerprint density at radius 3 is 2.39 bits per heavy atom. The molecule has 1 aliphatic carbocycles. The lowest BCUT2D eigenvalue weighted by molar-refractivity contribution is -0.136. The molecule has 0 radical (unpaired) electrons. The van der Waals surface area contributed by atoms with Crippen LogP contribution in [-0.2, 0) is 9.59 Å². The van der Waals surface area contributed by atoms with Gasteiger partial charge in [0.25, 0.3) is 0 Å². The first-order valence-corrected chi connectivity index (χ1v) is 5.90. The van der Waals surface area contributed by atoms with E-state index in [4.69, 9.17) is 5.11 Å². The largest absolute Gasteiger partial charge is 0.396 e. The smallest absolute Gasteiger partial charge is 0.313 e. The number of anilines is 1. The van der Waals surface area contributed by atoms with Crippen molar-refractivity contribution in [2.75, 3.05) is 18.5 Å². The summed E-state index contributed by atoms with van der Waals surface area (Å²) < 4.78 is 0. The quantitative estimate of drug-likeness (QED) is 0.679. The molecule has 0 saturated heterocycles. The summed E-state index contributed by atoms with van der Waals surface area (Å²) in [7, 11) is 0. The van der Waals surface area contributed by atoms with Crippen LogP contribution in [0.1, 0.15) is 12.8 Å². The van der Waals surface area contributed by atoms with Gasteiger partial charge >= 0.3 is 11.8 Å². The summed E-state index contributed by atoms with van der Waals surface area (Å²) in [5.74, 6) is -1.35. The van der Waals surface area contributed by atoms with Crippen LogP contribution in [0.4, 0.5) is 5.69 Å². The minimum Gasteiger partial charge on any atom is -0.396 e. The highest BCUT2D eigenvalue weighted by atomic mass is 16.3. The molecule has 3 N–H and O–H groups in total. The van der Waals surface area contributed by atoms with Crippen LogP contribution in [0, 0.1) is 5.41 Å². The van der Waals surface area contributed by atoms with Gasteiger partial charge in [0.05, 0.1) is 6.61 Å². The number of amides is 2. The summed E-state index contributed by atoms with van der Waals surface area (Å²) in [6.45, 7) is 0.401. The number of nitrogens with one attached hydrogen (secondary N) is 2. The van der Waals surface area contributed by atoms with Gasteiger partial charge in [-0.1, -0.05) is 18.2 Å². The Kier molecular flexibility index (Phi) is 3.62. The predicted octanol–water partition coefficient (Wildman–Crippen LogP) is 0.514. The molecule has 5 heteroatoms. The molecule has 0 heterocycles. The molecule has 5 nitrogen and oxygen atoms in total. The lowest BCUT2D eigenvalue weighted by atomic mass is 10.1. The number of carbonyl (C=O) groups excluding carboxylic acids is 2. The van der Waals surface area contributed by atoms with Crippen LogP contribution in [0.15, 0.2) is 30.3 Å². The molecule has 0 aliphatic heterocycles. The van der Waals surface area contributed by atoms with Gasteiger partial charge in [0.15, 0.2) is 0 Å². The lowest BCUT2D eigenvalue weighted by Gasteiger charge is -2.12. The van der Waals surface area contributed by atoms with Crippen molar-refractivity contribution in [1.82, 2.24) is 5.32 Å². The maximum absolute atomic E-state index is 11.6.